The second-order valence-electron chi connectivity index (χ2n) is 4.06. The Bertz CT molecular complexity index is 330. The minimum atomic E-state index is 0.0330. The quantitative estimate of drug-likeness (QED) is 0.723. The lowest BCUT2D eigenvalue weighted by Gasteiger charge is -2.14. The van der Waals surface area contributed by atoms with Crippen LogP contribution in [0.5, 0.6) is 0 Å². The molecular weight excluding hydrogens is 170 g/mol. The third-order valence-corrected chi connectivity index (χ3v) is 2.05. The van der Waals surface area contributed by atoms with Gasteiger partial charge in [0.05, 0.1) is 0 Å². The normalized spacial score (nSPS) is 10.5. The van der Waals surface area contributed by atoms with Crippen LogP contribution in [-0.4, -0.2) is 6.54 Å². The molecule has 74 valence electrons. The van der Waals surface area contributed by atoms with E-state index in [0.29, 0.717) is 6.54 Å². The van der Waals surface area contributed by atoms with Gasteiger partial charge in [-0.3, -0.25) is 0 Å². The predicted molar refractivity (Wildman–Crippen MR) is 61.8 cm³/mol. The van der Waals surface area contributed by atoms with Gasteiger partial charge in [0.15, 0.2) is 0 Å². The third-order valence-electron chi connectivity index (χ3n) is 2.05. The zero-order valence-corrected chi connectivity index (χ0v) is 8.83. The molecule has 0 saturated heterocycles. The Morgan fingerprint density at radius 2 is 1.93 bits per heavy atom. The molecule has 0 fully saturated rings. The second kappa shape index (κ2) is 4.80. The molecule has 2 N–H and O–H groups in total. The van der Waals surface area contributed by atoms with Crippen molar-refractivity contribution in [2.75, 3.05) is 6.54 Å². The van der Waals surface area contributed by atoms with Crippen molar-refractivity contribution in [2.24, 2.45) is 11.1 Å². The molecule has 1 aromatic carbocycles. The van der Waals surface area contributed by atoms with E-state index < -0.39 is 0 Å². The molecule has 0 aliphatic carbocycles. The van der Waals surface area contributed by atoms with Gasteiger partial charge in [-0.25, -0.2) is 0 Å². The Labute approximate surface area is 85.9 Å². The van der Waals surface area contributed by atoms with E-state index in [2.05, 4.69) is 31.7 Å². The highest BCUT2D eigenvalue weighted by molar-refractivity contribution is 5.48. The van der Waals surface area contributed by atoms with E-state index in [-0.39, 0.29) is 5.41 Å². The molecule has 14 heavy (non-hydrogen) atoms. The SMILES string of the molecule is CC(C)(C=C=Cc1ccccc1)CN. The Morgan fingerprint density at radius 1 is 1.29 bits per heavy atom. The fourth-order valence-corrected chi connectivity index (χ4v) is 0.972. The van der Waals surface area contributed by atoms with Crippen LogP contribution in [0.2, 0.25) is 0 Å². The van der Waals surface area contributed by atoms with E-state index in [0.717, 1.165) is 5.56 Å². The standard InChI is InChI=1S/C13H17N/c1-13(2,11-14)10-6-9-12-7-4-3-5-8-12/h3-5,7-10H,11,14H2,1-2H3. The maximum absolute atomic E-state index is 5.60. The molecule has 1 aromatic rings. The summed E-state index contributed by atoms with van der Waals surface area (Å²) in [4.78, 5) is 0. The maximum atomic E-state index is 5.60. The predicted octanol–water partition coefficient (Wildman–Crippen LogP) is 2.84. The van der Waals surface area contributed by atoms with Gasteiger partial charge in [-0.15, -0.1) is 5.73 Å². The summed E-state index contributed by atoms with van der Waals surface area (Å²) in [6.45, 7) is 4.83. The van der Waals surface area contributed by atoms with Gasteiger partial charge in [-0.05, 0) is 17.7 Å². The topological polar surface area (TPSA) is 26.0 Å². The zero-order chi connectivity index (χ0) is 10.4. The molecule has 0 atom stereocenters. The van der Waals surface area contributed by atoms with Crippen LogP contribution in [0.15, 0.2) is 42.1 Å². The van der Waals surface area contributed by atoms with Gasteiger partial charge in [0.2, 0.25) is 0 Å². The molecule has 1 nitrogen and oxygen atoms in total. The first-order chi connectivity index (χ1) is 6.64. The fraction of sp³-hybridized carbons (Fsp3) is 0.308. The molecular formula is C13H17N. The van der Waals surface area contributed by atoms with Crippen LogP contribution in [0, 0.1) is 5.41 Å². The molecule has 0 aromatic heterocycles. The monoisotopic (exact) mass is 187 g/mol. The zero-order valence-electron chi connectivity index (χ0n) is 8.83. The smallest absolute Gasteiger partial charge is 0.00235 e. The summed E-state index contributed by atoms with van der Waals surface area (Å²) in [7, 11) is 0. The van der Waals surface area contributed by atoms with Crippen molar-refractivity contribution in [3.63, 3.8) is 0 Å². The Balaban J connectivity index is 2.74. The largest absolute Gasteiger partial charge is 0.330 e. The number of rotatable bonds is 3. The number of benzene rings is 1. The van der Waals surface area contributed by atoms with Crippen molar-refractivity contribution in [1.82, 2.24) is 0 Å². The maximum Gasteiger partial charge on any atom is 0.00235 e. The molecule has 0 aliphatic rings. The summed E-state index contributed by atoms with van der Waals surface area (Å²) in [6.07, 6.45) is 3.98. The number of nitrogens with two attached hydrogens (primary N) is 1. The highest BCUT2D eigenvalue weighted by atomic mass is 14.6. The molecule has 1 rings (SSSR count). The van der Waals surface area contributed by atoms with Gasteiger partial charge in [-0.1, -0.05) is 44.2 Å². The van der Waals surface area contributed by atoms with Crippen LogP contribution in [0.1, 0.15) is 19.4 Å². The average Bonchev–Trinajstić information content (AvgIpc) is 2.19. The van der Waals surface area contributed by atoms with Gasteiger partial charge in [-0.2, -0.15) is 0 Å². The van der Waals surface area contributed by atoms with Crippen molar-refractivity contribution >= 4 is 6.08 Å². The van der Waals surface area contributed by atoms with Crippen molar-refractivity contribution < 1.29 is 0 Å². The van der Waals surface area contributed by atoms with Crippen molar-refractivity contribution in [2.45, 2.75) is 13.8 Å². The molecule has 0 saturated carbocycles. The average molecular weight is 187 g/mol. The van der Waals surface area contributed by atoms with Crippen molar-refractivity contribution in [3.8, 4) is 0 Å². The third kappa shape index (κ3) is 3.61. The van der Waals surface area contributed by atoms with Crippen LogP contribution < -0.4 is 5.73 Å². The molecule has 1 heteroatoms. The molecule has 0 bridgehead atoms. The first-order valence-electron chi connectivity index (χ1n) is 4.83. The highest BCUT2D eigenvalue weighted by Crippen LogP contribution is 2.13. The number of hydrogen-bond acceptors (Lipinski definition) is 1. The second-order valence-corrected chi connectivity index (χ2v) is 4.06. The van der Waals surface area contributed by atoms with E-state index >= 15 is 0 Å². The van der Waals surface area contributed by atoms with E-state index in [1.807, 2.05) is 30.4 Å². The minimum Gasteiger partial charge on any atom is -0.330 e. The first kappa shape index (κ1) is 10.8. The van der Waals surface area contributed by atoms with Crippen LogP contribution in [-0.2, 0) is 0 Å². The summed E-state index contributed by atoms with van der Waals surface area (Å²) in [6, 6.07) is 10.1. The van der Waals surface area contributed by atoms with E-state index in [1.54, 1.807) is 0 Å². The highest BCUT2D eigenvalue weighted by Gasteiger charge is 2.09. The molecule has 0 unspecified atom stereocenters. The summed E-state index contributed by atoms with van der Waals surface area (Å²) >= 11 is 0. The molecule has 0 radical (unpaired) electrons. The summed E-state index contributed by atoms with van der Waals surface area (Å²) in [5.41, 5.74) is 9.96. The molecule has 0 aliphatic heterocycles. The molecule has 0 heterocycles. The van der Waals surface area contributed by atoms with Crippen LogP contribution >= 0.6 is 0 Å². The van der Waals surface area contributed by atoms with Gasteiger partial charge in [0.25, 0.3) is 0 Å². The Morgan fingerprint density at radius 3 is 2.50 bits per heavy atom. The van der Waals surface area contributed by atoms with Crippen LogP contribution in [0.3, 0.4) is 0 Å². The fourth-order valence-electron chi connectivity index (χ4n) is 0.972. The molecule has 0 amide bonds. The summed E-state index contributed by atoms with van der Waals surface area (Å²) in [5, 5.41) is 0. The van der Waals surface area contributed by atoms with Crippen LogP contribution in [0.25, 0.3) is 6.08 Å². The Kier molecular flexibility index (Phi) is 3.70. The minimum absolute atomic E-state index is 0.0330. The van der Waals surface area contributed by atoms with Crippen molar-refractivity contribution in [3.05, 3.63) is 47.7 Å². The number of hydrogen-bond donors (Lipinski definition) is 1. The van der Waals surface area contributed by atoms with E-state index in [4.69, 9.17) is 5.73 Å². The summed E-state index contributed by atoms with van der Waals surface area (Å²) in [5.74, 6) is 0. The van der Waals surface area contributed by atoms with Gasteiger partial charge >= 0.3 is 0 Å². The van der Waals surface area contributed by atoms with Crippen LogP contribution in [0.4, 0.5) is 0 Å². The lowest BCUT2D eigenvalue weighted by atomic mass is 9.94. The lowest BCUT2D eigenvalue weighted by molar-refractivity contribution is 0.496. The van der Waals surface area contributed by atoms with Gasteiger partial charge < -0.3 is 5.73 Å². The summed E-state index contributed by atoms with van der Waals surface area (Å²) < 4.78 is 0. The Hall–Kier alpha value is -1.30. The van der Waals surface area contributed by atoms with E-state index in [1.165, 1.54) is 0 Å². The van der Waals surface area contributed by atoms with Gasteiger partial charge in [0.1, 0.15) is 0 Å². The van der Waals surface area contributed by atoms with Gasteiger partial charge in [0, 0.05) is 12.0 Å². The first-order valence-corrected chi connectivity index (χ1v) is 4.83. The van der Waals surface area contributed by atoms with E-state index in [9.17, 15) is 0 Å². The van der Waals surface area contributed by atoms with Crippen molar-refractivity contribution in [1.29, 1.82) is 0 Å². The molecule has 0 spiro atoms. The lowest BCUT2D eigenvalue weighted by Crippen LogP contribution is -2.20.